The van der Waals surface area contributed by atoms with Crippen molar-refractivity contribution in [1.29, 1.82) is 0 Å². The molecule has 1 unspecified atom stereocenters. The second kappa shape index (κ2) is 8.92. The van der Waals surface area contributed by atoms with Gasteiger partial charge in [0.15, 0.2) is 0 Å². The minimum Gasteiger partial charge on any atom is -0.370 e. The summed E-state index contributed by atoms with van der Waals surface area (Å²) in [4.78, 5) is 30.2. The fraction of sp³-hybridized carbons (Fsp3) is 0.474. The van der Waals surface area contributed by atoms with Gasteiger partial charge in [-0.3, -0.25) is 9.59 Å². The number of hydrogen-bond donors (Lipinski definition) is 1. The van der Waals surface area contributed by atoms with Crippen LogP contribution in [-0.4, -0.2) is 44.6 Å². The van der Waals surface area contributed by atoms with Crippen molar-refractivity contribution in [2.75, 3.05) is 13.1 Å². The molecule has 1 aliphatic heterocycles. The number of hydrogen-bond acceptors (Lipinski definition) is 4. The molecule has 0 saturated carbocycles. The maximum Gasteiger partial charge on any atom is 0.293 e. The zero-order chi connectivity index (χ0) is 20.3. The minimum absolute atomic E-state index is 0.128. The molecule has 0 spiro atoms. The number of primary amides is 1. The molecule has 1 aliphatic rings. The van der Waals surface area contributed by atoms with Crippen LogP contribution in [0.15, 0.2) is 18.2 Å². The van der Waals surface area contributed by atoms with Crippen LogP contribution in [0.2, 0.25) is 10.0 Å². The average Bonchev–Trinajstić information content (AvgIpc) is 3.10. The van der Waals surface area contributed by atoms with Crippen molar-refractivity contribution in [2.24, 2.45) is 11.7 Å². The molecule has 2 amide bonds. The maximum atomic E-state index is 13.0. The van der Waals surface area contributed by atoms with Gasteiger partial charge in [0.25, 0.3) is 5.91 Å². The Bertz CT molecular complexity index is 863. The van der Waals surface area contributed by atoms with Gasteiger partial charge in [-0.05, 0) is 37.3 Å². The second-order valence-electron chi connectivity index (χ2n) is 6.95. The summed E-state index contributed by atoms with van der Waals surface area (Å²) in [6.45, 7) is 3.16. The number of carbonyl (C=O) groups is 2. The van der Waals surface area contributed by atoms with Crippen LogP contribution in [0.4, 0.5) is 0 Å². The number of nitrogens with zero attached hydrogens (tertiary/aromatic N) is 4. The van der Waals surface area contributed by atoms with Crippen LogP contribution in [-0.2, 0) is 11.2 Å². The number of carbonyl (C=O) groups excluding carboxylic acids is 2. The molecule has 150 valence electrons. The highest BCUT2D eigenvalue weighted by Gasteiger charge is 2.28. The van der Waals surface area contributed by atoms with Crippen molar-refractivity contribution in [1.82, 2.24) is 19.7 Å². The van der Waals surface area contributed by atoms with E-state index in [0.717, 1.165) is 12.8 Å². The normalized spacial score (nSPS) is 17.0. The third-order valence-corrected chi connectivity index (χ3v) is 5.55. The monoisotopic (exact) mass is 423 g/mol. The number of piperidine rings is 1. The summed E-state index contributed by atoms with van der Waals surface area (Å²) in [6.07, 6.45) is 3.46. The molecular formula is C19H23Cl2N5O2. The zero-order valence-corrected chi connectivity index (χ0v) is 17.2. The Morgan fingerprint density at radius 2 is 2.00 bits per heavy atom. The molecule has 3 rings (SSSR count). The van der Waals surface area contributed by atoms with Crippen LogP contribution >= 0.6 is 23.2 Å². The van der Waals surface area contributed by atoms with Crippen molar-refractivity contribution >= 4 is 35.0 Å². The first-order chi connectivity index (χ1) is 13.4. The number of benzene rings is 1. The molecule has 0 aliphatic carbocycles. The Balaban J connectivity index is 1.83. The summed E-state index contributed by atoms with van der Waals surface area (Å²) in [7, 11) is 0. The highest BCUT2D eigenvalue weighted by molar-refractivity contribution is 6.37. The smallest absolute Gasteiger partial charge is 0.293 e. The van der Waals surface area contributed by atoms with Gasteiger partial charge in [-0.1, -0.05) is 36.2 Å². The topological polar surface area (TPSA) is 94.1 Å². The number of nitrogens with two attached hydrogens (primary N) is 1. The first-order valence-corrected chi connectivity index (χ1v) is 10.1. The van der Waals surface area contributed by atoms with E-state index in [0.29, 0.717) is 53.9 Å². The summed E-state index contributed by atoms with van der Waals surface area (Å²) in [5.41, 5.74) is 5.77. The first kappa shape index (κ1) is 20.6. The highest BCUT2D eigenvalue weighted by Crippen LogP contribution is 2.29. The van der Waals surface area contributed by atoms with E-state index in [2.05, 4.69) is 10.1 Å². The van der Waals surface area contributed by atoms with Crippen LogP contribution in [0.25, 0.3) is 5.69 Å². The van der Waals surface area contributed by atoms with Crippen LogP contribution in [0.1, 0.15) is 49.1 Å². The number of para-hydroxylation sites is 1. The van der Waals surface area contributed by atoms with Gasteiger partial charge in [-0.2, -0.15) is 0 Å². The van der Waals surface area contributed by atoms with E-state index < -0.39 is 0 Å². The molecule has 0 radical (unpaired) electrons. The Hall–Kier alpha value is -2.12. The predicted molar refractivity (Wildman–Crippen MR) is 108 cm³/mol. The van der Waals surface area contributed by atoms with E-state index in [-0.39, 0.29) is 23.6 Å². The second-order valence-corrected chi connectivity index (χ2v) is 7.77. The Morgan fingerprint density at radius 1 is 1.29 bits per heavy atom. The fourth-order valence-corrected chi connectivity index (χ4v) is 4.06. The lowest BCUT2D eigenvalue weighted by Gasteiger charge is -2.31. The lowest BCUT2D eigenvalue weighted by molar-refractivity contribution is -0.118. The van der Waals surface area contributed by atoms with Crippen LogP contribution < -0.4 is 5.73 Å². The first-order valence-electron chi connectivity index (χ1n) is 9.38. The minimum atomic E-state index is -0.312. The number of halogens is 2. The van der Waals surface area contributed by atoms with Crippen molar-refractivity contribution in [3.05, 3.63) is 39.9 Å². The molecular weight excluding hydrogens is 401 g/mol. The lowest BCUT2D eigenvalue weighted by Crippen LogP contribution is -2.40. The molecule has 1 atom stereocenters. The summed E-state index contributed by atoms with van der Waals surface area (Å²) >= 11 is 12.6. The maximum absolute atomic E-state index is 13.0. The van der Waals surface area contributed by atoms with Gasteiger partial charge in [0.2, 0.25) is 11.7 Å². The summed E-state index contributed by atoms with van der Waals surface area (Å²) in [6, 6.07) is 5.20. The van der Waals surface area contributed by atoms with E-state index in [9.17, 15) is 9.59 Å². The van der Waals surface area contributed by atoms with E-state index in [1.807, 2.05) is 6.92 Å². The number of rotatable bonds is 6. The lowest BCUT2D eigenvalue weighted by atomic mass is 9.93. The molecule has 2 aromatic rings. The summed E-state index contributed by atoms with van der Waals surface area (Å²) in [5.74, 6) is 0.466. The SMILES string of the molecule is CCc1nc(C(=O)N2CCCC(CCC(N)=O)C2)nn1-c1c(Cl)cccc1Cl. The zero-order valence-electron chi connectivity index (χ0n) is 15.7. The van der Waals surface area contributed by atoms with Crippen molar-refractivity contribution in [2.45, 2.75) is 39.0 Å². The van der Waals surface area contributed by atoms with Crippen LogP contribution in [0.5, 0.6) is 0 Å². The molecule has 1 aromatic carbocycles. The van der Waals surface area contributed by atoms with Crippen LogP contribution in [0.3, 0.4) is 0 Å². The number of likely N-dealkylation sites (tertiary alicyclic amines) is 1. The molecule has 2 N–H and O–H groups in total. The van der Waals surface area contributed by atoms with Gasteiger partial charge in [-0.15, -0.1) is 5.10 Å². The van der Waals surface area contributed by atoms with Gasteiger partial charge in [0.1, 0.15) is 11.5 Å². The average molecular weight is 424 g/mol. The van der Waals surface area contributed by atoms with Gasteiger partial charge in [0, 0.05) is 25.9 Å². The molecule has 1 saturated heterocycles. The third-order valence-electron chi connectivity index (χ3n) is 4.94. The molecule has 1 aromatic heterocycles. The number of aryl methyl sites for hydroxylation is 1. The molecule has 1 fully saturated rings. The standard InChI is InChI=1S/C19H23Cl2N5O2/c1-2-16-23-18(24-26(16)17-13(20)6-3-7-14(17)21)19(28)25-10-4-5-12(11-25)8-9-15(22)27/h3,6-7,12H,2,4-5,8-11H2,1H3,(H2,22,27). The predicted octanol–water partition coefficient (Wildman–Crippen LogP) is 3.25. The van der Waals surface area contributed by atoms with E-state index in [1.54, 1.807) is 27.8 Å². The highest BCUT2D eigenvalue weighted by atomic mass is 35.5. The fourth-order valence-electron chi connectivity index (χ4n) is 3.51. The summed E-state index contributed by atoms with van der Waals surface area (Å²) < 4.78 is 1.55. The quantitative estimate of drug-likeness (QED) is 0.770. The van der Waals surface area contributed by atoms with Crippen LogP contribution in [0, 0.1) is 5.92 Å². The molecule has 2 heterocycles. The van der Waals surface area contributed by atoms with Crippen molar-refractivity contribution < 1.29 is 9.59 Å². The number of aromatic nitrogens is 3. The molecule has 7 nitrogen and oxygen atoms in total. The van der Waals surface area contributed by atoms with E-state index in [4.69, 9.17) is 28.9 Å². The molecule has 0 bridgehead atoms. The Labute approximate surface area is 173 Å². The molecule has 28 heavy (non-hydrogen) atoms. The van der Waals surface area contributed by atoms with Gasteiger partial charge < -0.3 is 10.6 Å². The van der Waals surface area contributed by atoms with E-state index in [1.165, 1.54) is 0 Å². The Kier molecular flexibility index (Phi) is 6.57. The van der Waals surface area contributed by atoms with Gasteiger partial charge in [0.05, 0.1) is 10.0 Å². The van der Waals surface area contributed by atoms with E-state index >= 15 is 0 Å². The van der Waals surface area contributed by atoms with Gasteiger partial charge >= 0.3 is 0 Å². The third kappa shape index (κ3) is 4.47. The van der Waals surface area contributed by atoms with Gasteiger partial charge in [-0.25, -0.2) is 9.67 Å². The number of amides is 2. The molecule has 9 heteroatoms. The van der Waals surface area contributed by atoms with Crippen molar-refractivity contribution in [3.8, 4) is 5.69 Å². The largest absolute Gasteiger partial charge is 0.370 e. The van der Waals surface area contributed by atoms with Crippen molar-refractivity contribution in [3.63, 3.8) is 0 Å². The Morgan fingerprint density at radius 3 is 2.64 bits per heavy atom. The summed E-state index contributed by atoms with van der Waals surface area (Å²) in [5, 5.41) is 5.30.